The zero-order chi connectivity index (χ0) is 21.4. The predicted octanol–water partition coefficient (Wildman–Crippen LogP) is 4.53. The largest absolute Gasteiger partial charge is 0.507 e. The van der Waals surface area contributed by atoms with Crippen molar-refractivity contribution in [1.29, 1.82) is 0 Å². The minimum Gasteiger partial charge on any atom is -0.507 e. The molecule has 6 heteroatoms. The minimum atomic E-state index is -0.882. The molecule has 0 aliphatic carbocycles. The van der Waals surface area contributed by atoms with Crippen molar-refractivity contribution in [2.24, 2.45) is 0 Å². The molecular weight excluding hydrogens is 382 g/mol. The van der Waals surface area contributed by atoms with Crippen LogP contribution in [0.15, 0.2) is 70.9 Å². The van der Waals surface area contributed by atoms with Gasteiger partial charge in [0.1, 0.15) is 23.3 Å². The maximum absolute atomic E-state index is 13.1. The number of ether oxygens (including phenoxy) is 1. The van der Waals surface area contributed by atoms with Crippen LogP contribution in [0.5, 0.6) is 5.75 Å². The van der Waals surface area contributed by atoms with E-state index in [1.165, 1.54) is 18.3 Å². The summed E-state index contributed by atoms with van der Waals surface area (Å²) in [5, 5.41) is 11.1. The summed E-state index contributed by atoms with van der Waals surface area (Å²) in [5.41, 5.74) is 2.84. The van der Waals surface area contributed by atoms with Crippen molar-refractivity contribution in [3.8, 4) is 5.75 Å². The maximum atomic E-state index is 13.1. The lowest BCUT2D eigenvalue weighted by Crippen LogP contribution is -2.29. The highest BCUT2D eigenvalue weighted by Gasteiger charge is 2.48. The molecule has 1 aliphatic heterocycles. The van der Waals surface area contributed by atoms with Crippen LogP contribution in [0.1, 0.15) is 28.5 Å². The number of benzene rings is 2. The van der Waals surface area contributed by atoms with Gasteiger partial charge in [-0.1, -0.05) is 18.2 Å². The number of hydrogen-bond acceptors (Lipinski definition) is 5. The highest BCUT2D eigenvalue weighted by molar-refractivity contribution is 6.51. The summed E-state index contributed by atoms with van der Waals surface area (Å²) < 4.78 is 10.8. The molecule has 2 aromatic carbocycles. The molecule has 1 amide bonds. The second-order valence-corrected chi connectivity index (χ2v) is 7.26. The summed E-state index contributed by atoms with van der Waals surface area (Å²) in [6.07, 6.45) is 1.47. The van der Waals surface area contributed by atoms with Gasteiger partial charge in [0.2, 0.25) is 0 Å². The number of aryl methyl sites for hydroxylation is 2. The van der Waals surface area contributed by atoms with Gasteiger partial charge in [-0.25, -0.2) is 0 Å². The number of amides is 1. The van der Waals surface area contributed by atoms with Crippen molar-refractivity contribution in [3.63, 3.8) is 0 Å². The second kappa shape index (κ2) is 7.55. The number of carbonyl (C=O) groups is 2. The van der Waals surface area contributed by atoms with Crippen molar-refractivity contribution in [2.75, 3.05) is 12.0 Å². The molecule has 0 spiro atoms. The number of ketones is 1. The predicted molar refractivity (Wildman–Crippen MR) is 112 cm³/mol. The third kappa shape index (κ3) is 3.26. The first kappa shape index (κ1) is 19.5. The summed E-state index contributed by atoms with van der Waals surface area (Å²) in [6.45, 7) is 3.84. The number of hydrogen-bond donors (Lipinski definition) is 1. The van der Waals surface area contributed by atoms with E-state index in [2.05, 4.69) is 0 Å². The second-order valence-electron chi connectivity index (χ2n) is 7.26. The first-order valence-corrected chi connectivity index (χ1v) is 9.48. The zero-order valence-electron chi connectivity index (χ0n) is 16.9. The highest BCUT2D eigenvalue weighted by Crippen LogP contribution is 2.42. The van der Waals surface area contributed by atoms with Crippen molar-refractivity contribution in [2.45, 2.75) is 19.9 Å². The fourth-order valence-corrected chi connectivity index (χ4v) is 3.83. The summed E-state index contributed by atoms with van der Waals surface area (Å²) >= 11 is 0. The lowest BCUT2D eigenvalue weighted by Gasteiger charge is -2.24. The fourth-order valence-electron chi connectivity index (χ4n) is 3.83. The first-order chi connectivity index (χ1) is 14.4. The molecule has 1 aromatic heterocycles. The topological polar surface area (TPSA) is 80.0 Å². The van der Waals surface area contributed by atoms with Crippen molar-refractivity contribution in [3.05, 3.63) is 88.9 Å². The van der Waals surface area contributed by atoms with Gasteiger partial charge in [-0.15, -0.1) is 0 Å². The lowest BCUT2D eigenvalue weighted by atomic mass is 9.99. The summed E-state index contributed by atoms with van der Waals surface area (Å²) in [6, 6.07) is 14.8. The molecule has 30 heavy (non-hydrogen) atoms. The van der Waals surface area contributed by atoms with Gasteiger partial charge in [0, 0.05) is 11.3 Å². The number of aliphatic hydroxyl groups is 1. The van der Waals surface area contributed by atoms with Crippen LogP contribution in [-0.4, -0.2) is 23.9 Å². The molecule has 152 valence electrons. The molecule has 1 atom stereocenters. The van der Waals surface area contributed by atoms with Crippen LogP contribution in [0.3, 0.4) is 0 Å². The Morgan fingerprint density at radius 3 is 2.40 bits per heavy atom. The number of furan rings is 1. The summed E-state index contributed by atoms with van der Waals surface area (Å²) in [5.74, 6) is -0.850. The van der Waals surface area contributed by atoms with Crippen LogP contribution in [0.2, 0.25) is 0 Å². The Bertz CT molecular complexity index is 1140. The Morgan fingerprint density at radius 1 is 1.03 bits per heavy atom. The monoisotopic (exact) mass is 403 g/mol. The van der Waals surface area contributed by atoms with Gasteiger partial charge in [0.25, 0.3) is 11.7 Å². The van der Waals surface area contributed by atoms with Gasteiger partial charge in [0.15, 0.2) is 0 Å². The van der Waals surface area contributed by atoms with Crippen LogP contribution in [-0.2, 0) is 9.59 Å². The van der Waals surface area contributed by atoms with Crippen LogP contribution in [0.4, 0.5) is 5.69 Å². The third-order valence-electron chi connectivity index (χ3n) is 5.08. The van der Waals surface area contributed by atoms with Crippen LogP contribution in [0, 0.1) is 13.8 Å². The van der Waals surface area contributed by atoms with Gasteiger partial charge < -0.3 is 14.3 Å². The molecule has 1 saturated heterocycles. The van der Waals surface area contributed by atoms with Crippen LogP contribution in [0.25, 0.3) is 5.76 Å². The van der Waals surface area contributed by atoms with E-state index in [-0.39, 0.29) is 11.3 Å². The van der Waals surface area contributed by atoms with Gasteiger partial charge in [-0.05, 0) is 61.4 Å². The third-order valence-corrected chi connectivity index (χ3v) is 5.08. The van der Waals surface area contributed by atoms with E-state index < -0.39 is 17.7 Å². The molecule has 1 aliphatic rings. The smallest absolute Gasteiger partial charge is 0.300 e. The average Bonchev–Trinajstić information content (AvgIpc) is 3.34. The van der Waals surface area contributed by atoms with E-state index in [1.54, 1.807) is 36.4 Å². The van der Waals surface area contributed by atoms with Gasteiger partial charge in [-0.3, -0.25) is 14.5 Å². The molecule has 0 radical (unpaired) electrons. The van der Waals surface area contributed by atoms with E-state index in [0.29, 0.717) is 22.8 Å². The Kier molecular flexibility index (Phi) is 4.91. The average molecular weight is 403 g/mol. The number of carbonyl (C=O) groups excluding carboxylic acids is 2. The van der Waals surface area contributed by atoms with E-state index in [9.17, 15) is 14.7 Å². The van der Waals surface area contributed by atoms with Gasteiger partial charge in [-0.2, -0.15) is 0 Å². The van der Waals surface area contributed by atoms with Gasteiger partial charge >= 0.3 is 0 Å². The minimum absolute atomic E-state index is 0.0256. The Balaban J connectivity index is 1.94. The molecule has 0 saturated carbocycles. The molecule has 4 rings (SSSR count). The first-order valence-electron chi connectivity index (χ1n) is 9.48. The Morgan fingerprint density at radius 2 is 1.77 bits per heavy atom. The van der Waals surface area contributed by atoms with Crippen molar-refractivity contribution in [1.82, 2.24) is 0 Å². The number of aliphatic hydroxyl groups excluding tert-OH is 1. The molecule has 6 nitrogen and oxygen atoms in total. The molecule has 2 heterocycles. The normalized spacial score (nSPS) is 18.1. The molecule has 0 bridgehead atoms. The van der Waals surface area contributed by atoms with Crippen LogP contribution < -0.4 is 9.64 Å². The number of nitrogens with zero attached hydrogens (tertiary/aromatic N) is 1. The molecular formula is C24H21NO5. The van der Waals surface area contributed by atoms with Crippen LogP contribution >= 0.6 is 0 Å². The highest BCUT2D eigenvalue weighted by atomic mass is 16.5. The number of rotatable bonds is 4. The summed E-state index contributed by atoms with van der Waals surface area (Å²) in [7, 11) is 1.51. The van der Waals surface area contributed by atoms with Gasteiger partial charge in [0.05, 0.1) is 18.9 Å². The quantitative estimate of drug-likeness (QED) is 0.393. The molecule has 3 aromatic rings. The number of Topliss-reactive ketones (excluding diaryl/α,β-unsaturated/α-hetero) is 1. The summed E-state index contributed by atoms with van der Waals surface area (Å²) in [4.78, 5) is 27.5. The molecule has 1 unspecified atom stereocenters. The number of methoxy groups -OCH3 is 1. The van der Waals surface area contributed by atoms with E-state index in [1.807, 2.05) is 32.0 Å². The molecule has 1 N–H and O–H groups in total. The SMILES string of the molecule is COc1cccc(/C(O)=C2/C(=O)C(=O)N(c3cc(C)cc(C)c3)C2c2ccco2)c1. The van der Waals surface area contributed by atoms with E-state index in [4.69, 9.17) is 9.15 Å². The standard InChI is InChI=1S/C24H21NO5/c1-14-10-15(2)12-17(11-14)25-21(19-8-5-9-30-19)20(23(27)24(25)28)22(26)16-6-4-7-18(13-16)29-3/h4-13,21,26H,1-3H3/b22-20-. The van der Waals surface area contributed by atoms with Crippen molar-refractivity contribution >= 4 is 23.1 Å². The fraction of sp³-hybridized carbons (Fsp3) is 0.167. The number of anilines is 1. The molecule has 1 fully saturated rings. The lowest BCUT2D eigenvalue weighted by molar-refractivity contribution is -0.132. The van der Waals surface area contributed by atoms with E-state index in [0.717, 1.165) is 11.1 Å². The Labute approximate surface area is 174 Å². The zero-order valence-corrected chi connectivity index (χ0v) is 16.9. The van der Waals surface area contributed by atoms with E-state index >= 15 is 0 Å². The maximum Gasteiger partial charge on any atom is 0.300 e. The van der Waals surface area contributed by atoms with Crippen molar-refractivity contribution < 1.29 is 23.8 Å². The Hall–Kier alpha value is -3.80.